The second-order valence-corrected chi connectivity index (χ2v) is 3.12. The zero-order valence-corrected chi connectivity index (χ0v) is 8.21. The summed E-state index contributed by atoms with van der Waals surface area (Å²) in [6.07, 6.45) is -0.0311. The fraction of sp³-hybridized carbons (Fsp3) is 0.300. The van der Waals surface area contributed by atoms with Crippen LogP contribution >= 0.6 is 0 Å². The van der Waals surface area contributed by atoms with Crippen molar-refractivity contribution in [3.05, 3.63) is 34.6 Å². The van der Waals surface area contributed by atoms with Gasteiger partial charge in [0.2, 0.25) is 5.82 Å². The average molecular weight is 238 g/mol. The maximum absolute atomic E-state index is 13.0. The summed E-state index contributed by atoms with van der Waals surface area (Å²) in [7, 11) is 0. The molecular weight excluding hydrogens is 231 g/mol. The van der Waals surface area contributed by atoms with Crippen LogP contribution in [0.4, 0.5) is 22.0 Å². The van der Waals surface area contributed by atoms with E-state index >= 15 is 0 Å². The molecule has 0 amide bonds. The summed E-state index contributed by atoms with van der Waals surface area (Å²) in [5.74, 6) is -11.7. The van der Waals surface area contributed by atoms with Crippen molar-refractivity contribution < 1.29 is 26.7 Å². The molecule has 6 heteroatoms. The minimum Gasteiger partial charge on any atom is -0.294 e. The molecule has 1 aromatic rings. The zero-order chi connectivity index (χ0) is 12.5. The van der Waals surface area contributed by atoms with Crippen molar-refractivity contribution in [3.63, 3.8) is 0 Å². The van der Waals surface area contributed by atoms with Crippen LogP contribution in [0.25, 0.3) is 0 Å². The number of carbonyl (C=O) groups excluding carboxylic acids is 1. The summed E-state index contributed by atoms with van der Waals surface area (Å²) in [6, 6.07) is 0. The van der Waals surface area contributed by atoms with Crippen LogP contribution in [0.3, 0.4) is 0 Å². The van der Waals surface area contributed by atoms with Crippen LogP contribution in [-0.2, 0) is 0 Å². The number of ketones is 1. The van der Waals surface area contributed by atoms with Gasteiger partial charge in [0.25, 0.3) is 0 Å². The van der Waals surface area contributed by atoms with Crippen LogP contribution in [0.1, 0.15) is 30.1 Å². The standard InChI is InChI=1S/C10H7F5O/c1-2-3-4(16)5-6(11)8(13)10(15)9(14)7(5)12/h2-3H2,1H3. The molecule has 1 nitrogen and oxygen atoms in total. The Hall–Kier alpha value is -1.46. The average Bonchev–Trinajstić information content (AvgIpc) is 2.24. The van der Waals surface area contributed by atoms with Crippen molar-refractivity contribution in [2.24, 2.45) is 0 Å². The fourth-order valence-corrected chi connectivity index (χ4v) is 1.20. The van der Waals surface area contributed by atoms with Crippen molar-refractivity contribution in [1.82, 2.24) is 0 Å². The van der Waals surface area contributed by atoms with Gasteiger partial charge in [-0.2, -0.15) is 0 Å². The van der Waals surface area contributed by atoms with E-state index in [1.54, 1.807) is 6.92 Å². The number of hydrogen-bond donors (Lipinski definition) is 0. The van der Waals surface area contributed by atoms with Crippen LogP contribution in [0, 0.1) is 29.1 Å². The molecule has 0 aliphatic heterocycles. The molecule has 0 bridgehead atoms. The molecule has 16 heavy (non-hydrogen) atoms. The predicted octanol–water partition coefficient (Wildman–Crippen LogP) is 3.36. The predicted molar refractivity (Wildman–Crippen MR) is 45.5 cm³/mol. The Bertz CT molecular complexity index is 412. The third-order valence-electron chi connectivity index (χ3n) is 1.97. The van der Waals surface area contributed by atoms with E-state index in [0.717, 1.165) is 0 Å². The van der Waals surface area contributed by atoms with Crippen molar-refractivity contribution in [3.8, 4) is 0 Å². The van der Waals surface area contributed by atoms with Gasteiger partial charge in [-0.3, -0.25) is 4.79 Å². The normalized spacial score (nSPS) is 10.6. The minimum absolute atomic E-state index is 0.248. The first-order chi connectivity index (χ1) is 7.41. The lowest BCUT2D eigenvalue weighted by molar-refractivity contribution is 0.0970. The molecule has 0 radical (unpaired) electrons. The molecule has 1 rings (SSSR count). The van der Waals surface area contributed by atoms with E-state index in [4.69, 9.17) is 0 Å². The first kappa shape index (κ1) is 12.6. The highest BCUT2D eigenvalue weighted by Crippen LogP contribution is 2.24. The number of rotatable bonds is 3. The van der Waals surface area contributed by atoms with Gasteiger partial charge in [0.05, 0.1) is 5.56 Å². The van der Waals surface area contributed by atoms with E-state index in [1.807, 2.05) is 0 Å². The van der Waals surface area contributed by atoms with Crippen molar-refractivity contribution in [2.75, 3.05) is 0 Å². The van der Waals surface area contributed by atoms with E-state index in [1.165, 1.54) is 0 Å². The second kappa shape index (κ2) is 4.59. The topological polar surface area (TPSA) is 17.1 Å². The summed E-state index contributed by atoms with van der Waals surface area (Å²) in [5.41, 5.74) is -1.36. The lowest BCUT2D eigenvalue weighted by atomic mass is 10.0. The Labute approximate surface area is 87.9 Å². The Morgan fingerprint density at radius 2 is 1.25 bits per heavy atom. The van der Waals surface area contributed by atoms with Gasteiger partial charge in [-0.15, -0.1) is 0 Å². The monoisotopic (exact) mass is 238 g/mol. The highest BCUT2D eigenvalue weighted by Gasteiger charge is 2.28. The van der Waals surface area contributed by atoms with Crippen LogP contribution in [0.2, 0.25) is 0 Å². The van der Waals surface area contributed by atoms with Crippen LogP contribution in [-0.4, -0.2) is 5.78 Å². The molecule has 88 valence electrons. The largest absolute Gasteiger partial charge is 0.294 e. The van der Waals surface area contributed by atoms with E-state index in [9.17, 15) is 26.7 Å². The molecule has 0 saturated carbocycles. The summed E-state index contributed by atoms with van der Waals surface area (Å²) in [6.45, 7) is 1.55. The summed E-state index contributed by atoms with van der Waals surface area (Å²) in [4.78, 5) is 11.2. The molecule has 0 aromatic heterocycles. The SMILES string of the molecule is CCCC(=O)c1c(F)c(F)c(F)c(F)c1F. The van der Waals surface area contributed by atoms with Crippen molar-refractivity contribution in [2.45, 2.75) is 19.8 Å². The Balaban J connectivity index is 3.45. The zero-order valence-electron chi connectivity index (χ0n) is 8.21. The quantitative estimate of drug-likeness (QED) is 0.341. The maximum atomic E-state index is 13.0. The highest BCUT2D eigenvalue weighted by atomic mass is 19.2. The molecule has 0 atom stereocenters. The molecule has 0 spiro atoms. The fourth-order valence-electron chi connectivity index (χ4n) is 1.20. The first-order valence-corrected chi connectivity index (χ1v) is 4.46. The third kappa shape index (κ3) is 1.91. The van der Waals surface area contributed by atoms with Crippen molar-refractivity contribution >= 4 is 5.78 Å². The van der Waals surface area contributed by atoms with Crippen LogP contribution < -0.4 is 0 Å². The van der Waals surface area contributed by atoms with E-state index < -0.39 is 40.4 Å². The van der Waals surface area contributed by atoms with Gasteiger partial charge in [0, 0.05) is 6.42 Å². The van der Waals surface area contributed by atoms with Gasteiger partial charge in [-0.1, -0.05) is 6.92 Å². The third-order valence-corrected chi connectivity index (χ3v) is 1.97. The molecule has 0 unspecified atom stereocenters. The number of Topliss-reactive ketones (excluding diaryl/α,β-unsaturated/α-hetero) is 1. The van der Waals surface area contributed by atoms with Gasteiger partial charge >= 0.3 is 0 Å². The van der Waals surface area contributed by atoms with Crippen LogP contribution in [0.15, 0.2) is 0 Å². The number of halogens is 5. The summed E-state index contributed by atoms with van der Waals surface area (Å²) >= 11 is 0. The van der Waals surface area contributed by atoms with Crippen molar-refractivity contribution in [1.29, 1.82) is 0 Å². The van der Waals surface area contributed by atoms with Gasteiger partial charge in [0.1, 0.15) is 0 Å². The van der Waals surface area contributed by atoms with E-state index in [-0.39, 0.29) is 12.8 Å². The minimum atomic E-state index is -2.26. The molecule has 0 fully saturated rings. The number of carbonyl (C=O) groups is 1. The molecule has 0 aliphatic rings. The Kier molecular flexibility index (Phi) is 3.62. The lowest BCUT2D eigenvalue weighted by Gasteiger charge is -2.06. The van der Waals surface area contributed by atoms with E-state index in [2.05, 4.69) is 0 Å². The Morgan fingerprint density at radius 1 is 0.875 bits per heavy atom. The van der Waals surface area contributed by atoms with Gasteiger partial charge in [0.15, 0.2) is 29.1 Å². The lowest BCUT2D eigenvalue weighted by Crippen LogP contribution is -2.12. The van der Waals surface area contributed by atoms with Gasteiger partial charge in [-0.05, 0) is 6.42 Å². The maximum Gasteiger partial charge on any atom is 0.200 e. The number of benzene rings is 1. The summed E-state index contributed by atoms with van der Waals surface area (Å²) in [5, 5.41) is 0. The number of hydrogen-bond acceptors (Lipinski definition) is 1. The first-order valence-electron chi connectivity index (χ1n) is 4.46. The van der Waals surface area contributed by atoms with Gasteiger partial charge < -0.3 is 0 Å². The molecule has 1 aromatic carbocycles. The second-order valence-electron chi connectivity index (χ2n) is 3.12. The molecule has 0 heterocycles. The van der Waals surface area contributed by atoms with E-state index in [0.29, 0.717) is 0 Å². The smallest absolute Gasteiger partial charge is 0.200 e. The molecule has 0 N–H and O–H groups in total. The molecule has 0 aliphatic carbocycles. The van der Waals surface area contributed by atoms with Gasteiger partial charge in [-0.25, -0.2) is 22.0 Å². The highest BCUT2D eigenvalue weighted by molar-refractivity contribution is 5.96. The van der Waals surface area contributed by atoms with Crippen LogP contribution in [0.5, 0.6) is 0 Å². The Morgan fingerprint density at radius 3 is 1.62 bits per heavy atom. The molecular formula is C10H7F5O. The summed E-state index contributed by atoms with van der Waals surface area (Å²) < 4.78 is 64.1. The molecule has 0 saturated heterocycles.